The third kappa shape index (κ3) is 3.30. The molecule has 0 saturated carbocycles. The van der Waals surface area contributed by atoms with Crippen molar-refractivity contribution in [3.05, 3.63) is 42.0 Å². The summed E-state index contributed by atoms with van der Waals surface area (Å²) in [6.07, 6.45) is 0.242. The fraction of sp³-hybridized carbons (Fsp3) is 0.316. The minimum atomic E-state index is -3.86. The third-order valence-corrected chi connectivity index (χ3v) is 6.91. The molecule has 0 bridgehead atoms. The van der Waals surface area contributed by atoms with E-state index in [2.05, 4.69) is 10.0 Å². The van der Waals surface area contributed by atoms with E-state index < -0.39 is 28.2 Å². The van der Waals surface area contributed by atoms with E-state index in [1.807, 2.05) is 0 Å². The molecular formula is C19H19N3O7S. The highest BCUT2D eigenvalue weighted by molar-refractivity contribution is 7.87. The molecule has 0 spiro atoms. The number of hydrogen-bond donors (Lipinski definition) is 2. The Balaban J connectivity index is 1.38. The third-order valence-electron chi connectivity index (χ3n) is 5.31. The summed E-state index contributed by atoms with van der Waals surface area (Å²) in [7, 11) is -2.49. The molecular weight excluding hydrogens is 414 g/mol. The van der Waals surface area contributed by atoms with Gasteiger partial charge in [-0.05, 0) is 36.2 Å². The van der Waals surface area contributed by atoms with Crippen molar-refractivity contribution < 1.29 is 32.2 Å². The molecule has 2 aromatic rings. The predicted molar refractivity (Wildman–Crippen MR) is 105 cm³/mol. The number of carbonyl (C=O) groups is 1. The summed E-state index contributed by atoms with van der Waals surface area (Å²) in [5.74, 6) is 1.83. The summed E-state index contributed by atoms with van der Waals surface area (Å²) >= 11 is 0. The Morgan fingerprint density at radius 1 is 1.00 bits per heavy atom. The lowest BCUT2D eigenvalue weighted by atomic mass is 9.99. The number of amides is 1. The number of nitrogens with zero attached hydrogens (tertiary/aromatic N) is 1. The lowest BCUT2D eigenvalue weighted by Crippen LogP contribution is -2.55. The molecule has 3 aliphatic rings. The van der Waals surface area contributed by atoms with Crippen LogP contribution in [-0.2, 0) is 15.0 Å². The molecule has 2 aromatic carbocycles. The van der Waals surface area contributed by atoms with Gasteiger partial charge in [-0.1, -0.05) is 6.07 Å². The van der Waals surface area contributed by atoms with Gasteiger partial charge in [0.25, 0.3) is 10.2 Å². The van der Waals surface area contributed by atoms with Crippen LogP contribution in [0.5, 0.6) is 23.0 Å². The van der Waals surface area contributed by atoms with E-state index in [1.165, 1.54) is 7.05 Å². The Morgan fingerprint density at radius 2 is 1.63 bits per heavy atom. The zero-order valence-electron chi connectivity index (χ0n) is 16.0. The van der Waals surface area contributed by atoms with E-state index in [9.17, 15) is 13.2 Å². The van der Waals surface area contributed by atoms with E-state index in [4.69, 9.17) is 18.9 Å². The Labute approximate surface area is 172 Å². The summed E-state index contributed by atoms with van der Waals surface area (Å²) in [5.41, 5.74) is 1.19. The van der Waals surface area contributed by atoms with Gasteiger partial charge in [-0.3, -0.25) is 4.79 Å². The Hall–Kier alpha value is -3.02. The number of fused-ring (bicyclic) bond motifs is 2. The molecule has 1 saturated heterocycles. The highest BCUT2D eigenvalue weighted by Crippen LogP contribution is 2.37. The van der Waals surface area contributed by atoms with E-state index in [0.717, 1.165) is 4.31 Å². The van der Waals surface area contributed by atoms with Crippen LogP contribution in [0.25, 0.3) is 0 Å². The number of hydrogen-bond acceptors (Lipinski definition) is 7. The van der Waals surface area contributed by atoms with Crippen LogP contribution in [0.3, 0.4) is 0 Å². The molecule has 2 atom stereocenters. The molecule has 1 fully saturated rings. The molecule has 2 unspecified atom stereocenters. The second-order valence-electron chi connectivity index (χ2n) is 7.11. The highest BCUT2D eigenvalue weighted by atomic mass is 32.2. The molecule has 5 rings (SSSR count). The van der Waals surface area contributed by atoms with E-state index >= 15 is 0 Å². The maximum atomic E-state index is 13.0. The second kappa shape index (κ2) is 7.04. The van der Waals surface area contributed by atoms with Crippen LogP contribution in [0.1, 0.15) is 18.0 Å². The molecule has 11 heteroatoms. The Morgan fingerprint density at radius 3 is 2.37 bits per heavy atom. The fourth-order valence-corrected chi connectivity index (χ4v) is 4.93. The Kier molecular flexibility index (Phi) is 4.45. The number of ether oxygens (including phenoxy) is 4. The van der Waals surface area contributed by atoms with Crippen LogP contribution in [0, 0.1) is 0 Å². The van der Waals surface area contributed by atoms with Crippen molar-refractivity contribution in [2.75, 3.05) is 26.0 Å². The number of rotatable bonds is 3. The van der Waals surface area contributed by atoms with Gasteiger partial charge >= 0.3 is 0 Å². The first kappa shape index (κ1) is 19.0. The molecule has 1 amide bonds. The first-order valence-corrected chi connectivity index (χ1v) is 10.7. The minimum Gasteiger partial charge on any atom is -0.454 e. The second-order valence-corrected chi connectivity index (χ2v) is 8.87. The average Bonchev–Trinajstić information content (AvgIpc) is 3.37. The first-order valence-electron chi connectivity index (χ1n) is 9.26. The first-order chi connectivity index (χ1) is 14.4. The van der Waals surface area contributed by atoms with Crippen molar-refractivity contribution in [3.8, 4) is 23.0 Å². The van der Waals surface area contributed by atoms with Crippen LogP contribution >= 0.6 is 0 Å². The van der Waals surface area contributed by atoms with Crippen LogP contribution in [0.15, 0.2) is 36.4 Å². The minimum absolute atomic E-state index is 0.123. The van der Waals surface area contributed by atoms with Crippen molar-refractivity contribution in [1.82, 2.24) is 9.03 Å². The maximum Gasteiger partial charge on any atom is 0.280 e. The van der Waals surface area contributed by atoms with Gasteiger partial charge in [0.15, 0.2) is 23.0 Å². The van der Waals surface area contributed by atoms with Gasteiger partial charge in [0.1, 0.15) is 6.04 Å². The van der Waals surface area contributed by atoms with Gasteiger partial charge in [-0.15, -0.1) is 0 Å². The monoisotopic (exact) mass is 433 g/mol. The topological polar surface area (TPSA) is 115 Å². The SMILES string of the molecule is CN1C(C(=O)Nc2ccc3c(c2)OCO3)CC(c2ccc3c(c2)OCO3)NS1(=O)=O. The zero-order valence-corrected chi connectivity index (χ0v) is 16.8. The van der Waals surface area contributed by atoms with Crippen molar-refractivity contribution >= 4 is 21.8 Å². The number of anilines is 1. The summed E-state index contributed by atoms with van der Waals surface area (Å²) in [6.45, 7) is 0.248. The zero-order chi connectivity index (χ0) is 20.9. The van der Waals surface area contributed by atoms with Gasteiger partial charge in [-0.25, -0.2) is 0 Å². The van der Waals surface area contributed by atoms with E-state index in [1.54, 1.807) is 36.4 Å². The van der Waals surface area contributed by atoms with Gasteiger partial charge in [-0.2, -0.15) is 17.4 Å². The predicted octanol–water partition coefficient (Wildman–Crippen LogP) is 1.36. The molecule has 0 aromatic heterocycles. The number of nitrogens with one attached hydrogen (secondary N) is 2. The largest absolute Gasteiger partial charge is 0.454 e. The molecule has 0 aliphatic carbocycles. The maximum absolute atomic E-state index is 13.0. The summed E-state index contributed by atoms with van der Waals surface area (Å²) in [6, 6.07) is 8.74. The van der Waals surface area contributed by atoms with E-state index in [-0.39, 0.29) is 20.0 Å². The average molecular weight is 433 g/mol. The molecule has 10 nitrogen and oxygen atoms in total. The summed E-state index contributed by atoms with van der Waals surface area (Å²) in [4.78, 5) is 13.0. The van der Waals surface area contributed by atoms with Crippen molar-refractivity contribution in [1.29, 1.82) is 0 Å². The molecule has 3 heterocycles. The van der Waals surface area contributed by atoms with Crippen molar-refractivity contribution in [2.45, 2.75) is 18.5 Å². The standard InChI is InChI=1S/C19H19N3O7S/c1-22-14(19(23)20-12-3-5-16-18(7-12)29-10-27-16)8-13(21-30(22,24)25)11-2-4-15-17(6-11)28-9-26-15/h2-7,13-14,21H,8-10H2,1H3,(H,20,23). The molecule has 2 N–H and O–H groups in total. The van der Waals surface area contributed by atoms with Gasteiger partial charge in [0.2, 0.25) is 19.5 Å². The van der Waals surface area contributed by atoms with E-state index in [0.29, 0.717) is 34.2 Å². The van der Waals surface area contributed by atoms with Crippen molar-refractivity contribution in [3.63, 3.8) is 0 Å². The van der Waals surface area contributed by atoms with Gasteiger partial charge < -0.3 is 24.3 Å². The lowest BCUT2D eigenvalue weighted by Gasteiger charge is -2.36. The molecule has 30 heavy (non-hydrogen) atoms. The van der Waals surface area contributed by atoms with Crippen LogP contribution in [0.4, 0.5) is 5.69 Å². The lowest BCUT2D eigenvalue weighted by molar-refractivity contribution is -0.120. The van der Waals surface area contributed by atoms with Crippen LogP contribution in [-0.4, -0.2) is 45.3 Å². The summed E-state index contributed by atoms with van der Waals surface area (Å²) < 4.78 is 50.3. The van der Waals surface area contributed by atoms with Gasteiger partial charge in [0.05, 0.1) is 6.04 Å². The number of likely N-dealkylation sites (N-methyl/N-ethyl adjacent to an activating group) is 1. The smallest absolute Gasteiger partial charge is 0.280 e. The quantitative estimate of drug-likeness (QED) is 0.751. The normalized spacial score (nSPS) is 23.9. The Bertz CT molecular complexity index is 1120. The van der Waals surface area contributed by atoms with Crippen LogP contribution < -0.4 is 29.0 Å². The molecule has 158 valence electrons. The molecule has 3 aliphatic heterocycles. The highest BCUT2D eigenvalue weighted by Gasteiger charge is 2.41. The molecule has 0 radical (unpaired) electrons. The van der Waals surface area contributed by atoms with Crippen molar-refractivity contribution in [2.24, 2.45) is 0 Å². The number of benzene rings is 2. The van der Waals surface area contributed by atoms with Gasteiger partial charge in [0, 0.05) is 18.8 Å². The fourth-order valence-electron chi connectivity index (χ4n) is 3.66. The van der Waals surface area contributed by atoms with Crippen LogP contribution in [0.2, 0.25) is 0 Å². The summed E-state index contributed by atoms with van der Waals surface area (Å²) in [5, 5.41) is 2.77. The number of carbonyl (C=O) groups excluding carboxylic acids is 1.